The smallest absolute Gasteiger partial charge is 0.0366 e. The summed E-state index contributed by atoms with van der Waals surface area (Å²) in [5, 5.41) is 0. The lowest BCUT2D eigenvalue weighted by Crippen LogP contribution is -2.33. The predicted octanol–water partition coefficient (Wildman–Crippen LogP) is 8.96. The lowest BCUT2D eigenvalue weighted by molar-refractivity contribution is 0.250. The first-order valence-electron chi connectivity index (χ1n) is 12.6. The summed E-state index contributed by atoms with van der Waals surface area (Å²) in [5.41, 5.74) is 5.40. The Morgan fingerprint density at radius 1 is 0.903 bits per heavy atom. The van der Waals surface area contributed by atoms with Gasteiger partial charge in [0.1, 0.15) is 0 Å². The summed E-state index contributed by atoms with van der Waals surface area (Å²) < 4.78 is 0. The maximum Gasteiger partial charge on any atom is 0.0366 e. The Labute approximate surface area is 193 Å². The molecule has 0 spiro atoms. The zero-order valence-electron chi connectivity index (χ0n) is 21.3. The highest BCUT2D eigenvalue weighted by Gasteiger charge is 2.25. The summed E-state index contributed by atoms with van der Waals surface area (Å²) in [7, 11) is 2.21. The van der Waals surface area contributed by atoms with E-state index in [2.05, 4.69) is 87.0 Å². The molecule has 1 atom stereocenters. The van der Waals surface area contributed by atoms with Gasteiger partial charge >= 0.3 is 0 Å². The summed E-state index contributed by atoms with van der Waals surface area (Å²) in [5.74, 6) is 1.50. The van der Waals surface area contributed by atoms with E-state index >= 15 is 0 Å². The summed E-state index contributed by atoms with van der Waals surface area (Å²) >= 11 is 0. The minimum Gasteiger partial charge on any atom is -0.372 e. The van der Waals surface area contributed by atoms with Crippen molar-refractivity contribution in [2.75, 3.05) is 7.05 Å². The van der Waals surface area contributed by atoms with Crippen LogP contribution in [0.15, 0.2) is 61.2 Å². The largest absolute Gasteiger partial charge is 0.372 e. The third-order valence-electron chi connectivity index (χ3n) is 6.51. The second-order valence-electron chi connectivity index (χ2n) is 8.39. The van der Waals surface area contributed by atoms with Gasteiger partial charge in [0.05, 0.1) is 0 Å². The van der Waals surface area contributed by atoms with Gasteiger partial charge in [-0.2, -0.15) is 0 Å². The molecule has 0 N–H and O–H groups in total. The highest BCUT2D eigenvalue weighted by atomic mass is 15.1. The van der Waals surface area contributed by atoms with Crippen LogP contribution in [0.5, 0.6) is 0 Å². The van der Waals surface area contributed by atoms with Crippen molar-refractivity contribution in [3.05, 3.63) is 77.9 Å². The van der Waals surface area contributed by atoms with Crippen LogP contribution >= 0.6 is 0 Å². The molecule has 0 aliphatic heterocycles. The number of rotatable bonds is 7. The molecular formula is C30H47N. The highest BCUT2D eigenvalue weighted by Crippen LogP contribution is 2.36. The molecule has 1 aliphatic carbocycles. The molecule has 2 aromatic rings. The van der Waals surface area contributed by atoms with Crippen molar-refractivity contribution >= 4 is 5.70 Å². The SMILES string of the molecule is C=C(c1ccccc1)N(C)C1CCC(c2ccc(CC(C)CC)cc2)CC1.CC.CC. The van der Waals surface area contributed by atoms with E-state index in [1.54, 1.807) is 0 Å². The van der Waals surface area contributed by atoms with E-state index in [-0.39, 0.29) is 0 Å². The normalized spacial score (nSPS) is 18.5. The van der Waals surface area contributed by atoms with Gasteiger partial charge in [-0.15, -0.1) is 0 Å². The molecule has 2 aromatic carbocycles. The van der Waals surface area contributed by atoms with Gasteiger partial charge in [0.2, 0.25) is 0 Å². The molecule has 1 saturated carbocycles. The fraction of sp³-hybridized carbons (Fsp3) is 0.533. The van der Waals surface area contributed by atoms with E-state index in [0.717, 1.165) is 17.5 Å². The van der Waals surface area contributed by atoms with E-state index in [0.29, 0.717) is 6.04 Å². The van der Waals surface area contributed by atoms with Crippen LogP contribution in [0.3, 0.4) is 0 Å². The molecule has 1 heteroatoms. The fourth-order valence-electron chi connectivity index (χ4n) is 4.32. The van der Waals surface area contributed by atoms with E-state index in [4.69, 9.17) is 0 Å². The van der Waals surface area contributed by atoms with Gasteiger partial charge in [-0.25, -0.2) is 0 Å². The summed E-state index contributed by atoms with van der Waals surface area (Å²) in [4.78, 5) is 2.40. The molecule has 0 aromatic heterocycles. The maximum absolute atomic E-state index is 4.34. The third-order valence-corrected chi connectivity index (χ3v) is 6.51. The van der Waals surface area contributed by atoms with Gasteiger partial charge in [-0.1, -0.05) is 109 Å². The van der Waals surface area contributed by atoms with Gasteiger partial charge in [-0.05, 0) is 60.6 Å². The fourth-order valence-corrected chi connectivity index (χ4v) is 4.32. The van der Waals surface area contributed by atoms with Crippen LogP contribution in [0.4, 0.5) is 0 Å². The van der Waals surface area contributed by atoms with Crippen molar-refractivity contribution in [1.29, 1.82) is 0 Å². The van der Waals surface area contributed by atoms with Crippen molar-refractivity contribution in [1.82, 2.24) is 4.90 Å². The van der Waals surface area contributed by atoms with Crippen molar-refractivity contribution in [2.45, 2.75) is 92.0 Å². The number of nitrogens with zero attached hydrogens (tertiary/aromatic N) is 1. The molecule has 3 rings (SSSR count). The van der Waals surface area contributed by atoms with Crippen LogP contribution in [0, 0.1) is 5.92 Å². The average Bonchev–Trinajstić information content (AvgIpc) is 2.86. The topological polar surface area (TPSA) is 3.24 Å². The van der Waals surface area contributed by atoms with Crippen molar-refractivity contribution in [3.8, 4) is 0 Å². The van der Waals surface area contributed by atoms with Crippen LogP contribution in [-0.4, -0.2) is 18.0 Å². The van der Waals surface area contributed by atoms with Gasteiger partial charge in [0.15, 0.2) is 0 Å². The van der Waals surface area contributed by atoms with E-state index in [9.17, 15) is 0 Å². The summed E-state index contributed by atoms with van der Waals surface area (Å²) in [6.45, 7) is 17.0. The van der Waals surface area contributed by atoms with Crippen LogP contribution in [-0.2, 0) is 6.42 Å². The van der Waals surface area contributed by atoms with Crippen LogP contribution in [0.1, 0.15) is 96.3 Å². The summed E-state index contributed by atoms with van der Waals surface area (Å²) in [6.07, 6.45) is 7.52. The summed E-state index contributed by atoms with van der Waals surface area (Å²) in [6, 6.07) is 20.7. The molecule has 172 valence electrons. The van der Waals surface area contributed by atoms with Crippen LogP contribution in [0.2, 0.25) is 0 Å². The number of hydrogen-bond donors (Lipinski definition) is 0. The van der Waals surface area contributed by atoms with Crippen LogP contribution in [0.25, 0.3) is 5.70 Å². The quantitative estimate of drug-likeness (QED) is 0.431. The minimum absolute atomic E-state index is 0.610. The predicted molar refractivity (Wildman–Crippen MR) is 141 cm³/mol. The molecule has 0 radical (unpaired) electrons. The van der Waals surface area contributed by atoms with E-state index < -0.39 is 0 Å². The maximum atomic E-state index is 4.34. The van der Waals surface area contributed by atoms with Gasteiger partial charge in [-0.3, -0.25) is 0 Å². The van der Waals surface area contributed by atoms with Crippen molar-refractivity contribution < 1.29 is 0 Å². The first-order chi connectivity index (χ1) is 15.1. The standard InChI is InChI=1S/C26H35N.2C2H6/c1-5-20(2)19-22-11-13-24(14-12-22)25-15-17-26(18-16-25)27(4)21(3)23-9-7-6-8-10-23;2*1-2/h6-14,20,25-26H,3,5,15-19H2,1-2,4H3;2*1-2H3. The lowest BCUT2D eigenvalue weighted by Gasteiger charge is -2.37. The Hall–Kier alpha value is -2.02. The van der Waals surface area contributed by atoms with Crippen LogP contribution < -0.4 is 0 Å². The average molecular weight is 422 g/mol. The highest BCUT2D eigenvalue weighted by molar-refractivity contribution is 5.61. The molecular weight excluding hydrogens is 374 g/mol. The number of benzene rings is 2. The molecule has 1 unspecified atom stereocenters. The van der Waals surface area contributed by atoms with Gasteiger partial charge in [0, 0.05) is 18.8 Å². The zero-order valence-corrected chi connectivity index (χ0v) is 21.3. The minimum atomic E-state index is 0.610. The molecule has 1 aliphatic rings. The van der Waals surface area contributed by atoms with Crippen molar-refractivity contribution in [2.24, 2.45) is 5.92 Å². The Balaban J connectivity index is 0.00000113. The Bertz CT molecular complexity index is 708. The van der Waals surface area contributed by atoms with E-state index in [1.807, 2.05) is 27.7 Å². The zero-order chi connectivity index (χ0) is 23.2. The molecule has 0 heterocycles. The lowest BCUT2D eigenvalue weighted by atomic mass is 9.80. The Morgan fingerprint density at radius 3 is 1.97 bits per heavy atom. The molecule has 0 bridgehead atoms. The molecule has 0 saturated heterocycles. The molecule has 31 heavy (non-hydrogen) atoms. The van der Waals surface area contributed by atoms with Crippen molar-refractivity contribution in [3.63, 3.8) is 0 Å². The van der Waals surface area contributed by atoms with Gasteiger partial charge in [0.25, 0.3) is 0 Å². The molecule has 1 nitrogen and oxygen atoms in total. The second-order valence-corrected chi connectivity index (χ2v) is 8.39. The number of hydrogen-bond acceptors (Lipinski definition) is 1. The first-order valence-corrected chi connectivity index (χ1v) is 12.6. The molecule has 1 fully saturated rings. The molecule has 0 amide bonds. The monoisotopic (exact) mass is 421 g/mol. The Morgan fingerprint density at radius 2 is 1.45 bits per heavy atom. The third kappa shape index (κ3) is 8.20. The second kappa shape index (κ2) is 14.9. The first kappa shape index (κ1) is 27.0. The van der Waals surface area contributed by atoms with Gasteiger partial charge < -0.3 is 4.90 Å². The van der Waals surface area contributed by atoms with E-state index in [1.165, 1.54) is 55.2 Å². The Kier molecular flexibility index (Phi) is 13.0.